The van der Waals surface area contributed by atoms with Crippen LogP contribution in [-0.2, 0) is 6.54 Å². The van der Waals surface area contributed by atoms with Crippen molar-refractivity contribution < 1.29 is 13.2 Å². The Morgan fingerprint density at radius 2 is 1.80 bits per heavy atom. The van der Waals surface area contributed by atoms with Gasteiger partial charge in [0.25, 0.3) is 0 Å². The molecule has 1 heterocycles. The van der Waals surface area contributed by atoms with Crippen molar-refractivity contribution in [2.75, 3.05) is 11.4 Å². The van der Waals surface area contributed by atoms with E-state index >= 15 is 0 Å². The number of hydrogen-bond donors (Lipinski definition) is 1. The lowest BCUT2D eigenvalue weighted by molar-refractivity contribution is -0.120. The van der Waals surface area contributed by atoms with Crippen LogP contribution in [0, 0.1) is 0 Å². The maximum absolute atomic E-state index is 12.5. The fourth-order valence-electron chi connectivity index (χ4n) is 1.63. The van der Waals surface area contributed by atoms with Gasteiger partial charge in [-0.2, -0.15) is 18.3 Å². The molecule has 0 radical (unpaired) electrons. The van der Waals surface area contributed by atoms with Crippen LogP contribution in [0.4, 0.5) is 19.0 Å². The van der Waals surface area contributed by atoms with Gasteiger partial charge in [0, 0.05) is 18.6 Å². The van der Waals surface area contributed by atoms with E-state index in [1.807, 2.05) is 13.8 Å². The van der Waals surface area contributed by atoms with E-state index in [2.05, 4.69) is 15.5 Å². The number of nitrogens with zero attached hydrogens (tertiary/aromatic N) is 3. The minimum atomic E-state index is -4.26. The van der Waals surface area contributed by atoms with Gasteiger partial charge in [0.15, 0.2) is 5.82 Å². The number of rotatable bonds is 6. The summed E-state index contributed by atoms with van der Waals surface area (Å²) in [5.41, 5.74) is 0.707. The zero-order chi connectivity index (χ0) is 15.3. The van der Waals surface area contributed by atoms with E-state index in [1.165, 1.54) is 4.90 Å². The van der Waals surface area contributed by atoms with Gasteiger partial charge in [-0.25, -0.2) is 0 Å². The van der Waals surface area contributed by atoms with E-state index in [0.29, 0.717) is 18.3 Å². The first kappa shape index (κ1) is 16.7. The quantitative estimate of drug-likeness (QED) is 0.874. The van der Waals surface area contributed by atoms with Gasteiger partial charge < -0.3 is 10.2 Å². The average Bonchev–Trinajstić information content (AvgIpc) is 2.33. The third-order valence-electron chi connectivity index (χ3n) is 2.66. The molecule has 0 aliphatic heterocycles. The molecule has 0 aliphatic carbocycles. The van der Waals surface area contributed by atoms with Crippen LogP contribution in [0.15, 0.2) is 12.1 Å². The highest BCUT2D eigenvalue weighted by Gasteiger charge is 2.32. The van der Waals surface area contributed by atoms with E-state index < -0.39 is 12.7 Å². The molecule has 4 nitrogen and oxygen atoms in total. The number of aromatic nitrogens is 2. The number of nitrogens with one attached hydrogen (secondary N) is 1. The molecule has 114 valence electrons. The summed E-state index contributed by atoms with van der Waals surface area (Å²) in [4.78, 5) is 1.19. The molecule has 0 amide bonds. The Morgan fingerprint density at radius 1 is 1.15 bits per heavy atom. The zero-order valence-electron chi connectivity index (χ0n) is 12.2. The van der Waals surface area contributed by atoms with Crippen LogP contribution in [0.1, 0.15) is 33.4 Å². The Labute approximate surface area is 117 Å². The van der Waals surface area contributed by atoms with Gasteiger partial charge in [0.1, 0.15) is 6.54 Å². The minimum absolute atomic E-state index is 0.241. The van der Waals surface area contributed by atoms with E-state index in [0.717, 1.165) is 0 Å². The summed E-state index contributed by atoms with van der Waals surface area (Å²) in [6, 6.07) is 3.29. The summed E-state index contributed by atoms with van der Waals surface area (Å²) < 4.78 is 37.6. The molecular weight excluding hydrogens is 269 g/mol. The lowest BCUT2D eigenvalue weighted by Gasteiger charge is -2.28. The Kier molecular flexibility index (Phi) is 5.74. The predicted molar refractivity (Wildman–Crippen MR) is 72.5 cm³/mol. The molecule has 0 spiro atoms. The molecule has 0 saturated carbocycles. The van der Waals surface area contributed by atoms with E-state index in [1.54, 1.807) is 26.0 Å². The number of halogens is 3. The molecule has 7 heteroatoms. The maximum Gasteiger partial charge on any atom is 0.405 e. The number of alkyl halides is 3. The third kappa shape index (κ3) is 5.73. The summed E-state index contributed by atoms with van der Waals surface area (Å²) in [6.45, 7) is 6.93. The van der Waals surface area contributed by atoms with Crippen molar-refractivity contribution >= 4 is 5.82 Å². The predicted octanol–water partition coefficient (Wildman–Crippen LogP) is 2.75. The van der Waals surface area contributed by atoms with E-state index in [9.17, 15) is 13.2 Å². The van der Waals surface area contributed by atoms with Crippen molar-refractivity contribution in [1.82, 2.24) is 15.5 Å². The molecular formula is C13H21F3N4. The molecule has 0 saturated heterocycles. The second kappa shape index (κ2) is 6.88. The van der Waals surface area contributed by atoms with Crippen molar-refractivity contribution in [3.05, 3.63) is 17.8 Å². The van der Waals surface area contributed by atoms with Gasteiger partial charge in [-0.15, -0.1) is 5.10 Å². The van der Waals surface area contributed by atoms with E-state index in [-0.39, 0.29) is 11.9 Å². The second-order valence-electron chi connectivity index (χ2n) is 5.26. The molecule has 0 aromatic carbocycles. The highest BCUT2D eigenvalue weighted by atomic mass is 19.4. The fraction of sp³-hybridized carbons (Fsp3) is 0.692. The summed E-state index contributed by atoms with van der Waals surface area (Å²) in [6.07, 6.45) is -4.26. The largest absolute Gasteiger partial charge is 0.405 e. The molecule has 0 bridgehead atoms. The summed E-state index contributed by atoms with van der Waals surface area (Å²) in [5, 5.41) is 11.0. The Hall–Kier alpha value is -1.37. The number of anilines is 1. The fourth-order valence-corrected chi connectivity index (χ4v) is 1.63. The molecule has 0 fully saturated rings. The second-order valence-corrected chi connectivity index (χ2v) is 5.26. The lowest BCUT2D eigenvalue weighted by atomic mass is 10.3. The molecule has 0 aliphatic rings. The summed E-state index contributed by atoms with van der Waals surface area (Å²) >= 11 is 0. The average molecular weight is 290 g/mol. The van der Waals surface area contributed by atoms with Crippen molar-refractivity contribution in [2.24, 2.45) is 0 Å². The molecule has 1 N–H and O–H groups in total. The molecule has 1 rings (SSSR count). The van der Waals surface area contributed by atoms with Gasteiger partial charge in [-0.3, -0.25) is 0 Å². The maximum atomic E-state index is 12.5. The van der Waals surface area contributed by atoms with Crippen LogP contribution in [-0.4, -0.2) is 35.0 Å². The smallest absolute Gasteiger partial charge is 0.344 e. The van der Waals surface area contributed by atoms with Gasteiger partial charge in [-0.1, -0.05) is 13.8 Å². The van der Waals surface area contributed by atoms with E-state index in [4.69, 9.17) is 0 Å². The van der Waals surface area contributed by atoms with Gasteiger partial charge >= 0.3 is 6.18 Å². The van der Waals surface area contributed by atoms with Crippen LogP contribution in [0.5, 0.6) is 0 Å². The van der Waals surface area contributed by atoms with Gasteiger partial charge in [0.2, 0.25) is 0 Å². The zero-order valence-corrected chi connectivity index (χ0v) is 12.2. The molecule has 20 heavy (non-hydrogen) atoms. The van der Waals surface area contributed by atoms with Gasteiger partial charge in [-0.05, 0) is 26.0 Å². The van der Waals surface area contributed by atoms with Crippen molar-refractivity contribution in [2.45, 2.75) is 52.5 Å². The minimum Gasteiger partial charge on any atom is -0.344 e. The molecule has 0 unspecified atom stereocenters. The molecule has 1 aromatic rings. The Morgan fingerprint density at radius 3 is 2.20 bits per heavy atom. The van der Waals surface area contributed by atoms with Crippen molar-refractivity contribution in [3.63, 3.8) is 0 Å². The standard InChI is InChI=1S/C13H21F3N4/c1-9(2)17-7-11-5-6-12(19-18-11)20(10(3)4)8-13(14,15)16/h5-6,9-10,17H,7-8H2,1-4H3. The Bertz CT molecular complexity index is 401. The van der Waals surface area contributed by atoms with Crippen molar-refractivity contribution in [1.29, 1.82) is 0 Å². The SMILES string of the molecule is CC(C)NCc1ccc(N(CC(F)(F)F)C(C)C)nn1. The third-order valence-corrected chi connectivity index (χ3v) is 2.66. The highest BCUT2D eigenvalue weighted by molar-refractivity contribution is 5.38. The molecule has 0 atom stereocenters. The first-order valence-electron chi connectivity index (χ1n) is 6.58. The first-order valence-corrected chi connectivity index (χ1v) is 6.58. The van der Waals surface area contributed by atoms with Crippen LogP contribution in [0.2, 0.25) is 0 Å². The van der Waals surface area contributed by atoms with Crippen LogP contribution in [0.25, 0.3) is 0 Å². The molecule has 1 aromatic heterocycles. The monoisotopic (exact) mass is 290 g/mol. The lowest BCUT2D eigenvalue weighted by Crippen LogP contribution is -2.39. The number of hydrogen-bond acceptors (Lipinski definition) is 4. The Balaban J connectivity index is 2.78. The van der Waals surface area contributed by atoms with Crippen LogP contribution < -0.4 is 10.2 Å². The topological polar surface area (TPSA) is 41.0 Å². The summed E-state index contributed by atoms with van der Waals surface area (Å²) in [5.74, 6) is 0.241. The van der Waals surface area contributed by atoms with Crippen LogP contribution >= 0.6 is 0 Å². The highest BCUT2D eigenvalue weighted by Crippen LogP contribution is 2.22. The first-order chi connectivity index (χ1) is 9.19. The normalized spacial score (nSPS) is 12.2. The summed E-state index contributed by atoms with van der Waals surface area (Å²) in [7, 11) is 0. The van der Waals surface area contributed by atoms with Crippen LogP contribution in [0.3, 0.4) is 0 Å². The van der Waals surface area contributed by atoms with Crippen molar-refractivity contribution in [3.8, 4) is 0 Å². The van der Waals surface area contributed by atoms with Gasteiger partial charge in [0.05, 0.1) is 5.69 Å².